The Hall–Kier alpha value is -4.27. The predicted octanol–water partition coefficient (Wildman–Crippen LogP) is 2.35. The van der Waals surface area contributed by atoms with Gasteiger partial charge in [-0.25, -0.2) is 4.79 Å². The molecule has 168 valence electrons. The highest BCUT2D eigenvalue weighted by Crippen LogP contribution is 2.46. The number of fused-ring (bicyclic) bond motifs is 2. The molecule has 1 amide bonds. The van der Waals surface area contributed by atoms with Gasteiger partial charge >= 0.3 is 5.69 Å². The van der Waals surface area contributed by atoms with Crippen LogP contribution >= 0.6 is 0 Å². The Bertz CT molecular complexity index is 1540. The zero-order valence-corrected chi connectivity index (χ0v) is 18.6. The first kappa shape index (κ1) is 20.6. The summed E-state index contributed by atoms with van der Waals surface area (Å²) in [5.41, 5.74) is 2.56. The number of aromatic amines is 2. The van der Waals surface area contributed by atoms with E-state index in [1.807, 2.05) is 30.3 Å². The third-order valence-electron chi connectivity index (χ3n) is 6.25. The Morgan fingerprint density at radius 3 is 2.36 bits per heavy atom. The van der Waals surface area contributed by atoms with Gasteiger partial charge < -0.3 is 19.4 Å². The number of rotatable bonds is 4. The van der Waals surface area contributed by atoms with E-state index in [0.29, 0.717) is 34.0 Å². The van der Waals surface area contributed by atoms with Crippen LogP contribution in [-0.4, -0.2) is 41.7 Å². The molecule has 9 heteroatoms. The van der Waals surface area contributed by atoms with Gasteiger partial charge in [-0.1, -0.05) is 18.2 Å². The zero-order valence-electron chi connectivity index (χ0n) is 18.6. The van der Waals surface area contributed by atoms with E-state index in [2.05, 4.69) is 9.97 Å². The minimum absolute atomic E-state index is 0.160. The van der Waals surface area contributed by atoms with Crippen LogP contribution in [0.25, 0.3) is 22.3 Å². The van der Waals surface area contributed by atoms with Crippen molar-refractivity contribution in [3.63, 3.8) is 0 Å². The fourth-order valence-corrected chi connectivity index (χ4v) is 4.60. The molecule has 3 heterocycles. The average Bonchev–Trinajstić information content (AvgIpc) is 3.33. The van der Waals surface area contributed by atoms with Gasteiger partial charge in [0.1, 0.15) is 5.65 Å². The number of aromatic nitrogens is 3. The Labute approximate surface area is 188 Å². The first-order valence-corrected chi connectivity index (χ1v) is 10.3. The number of amides is 1. The molecule has 5 rings (SSSR count). The summed E-state index contributed by atoms with van der Waals surface area (Å²) in [4.78, 5) is 46.0. The first-order valence-electron chi connectivity index (χ1n) is 10.3. The third-order valence-corrected chi connectivity index (χ3v) is 6.25. The maximum absolute atomic E-state index is 13.5. The second-order valence-corrected chi connectivity index (χ2v) is 7.91. The van der Waals surface area contributed by atoms with Gasteiger partial charge in [0.05, 0.1) is 31.2 Å². The number of aryl methyl sites for hydroxylation is 1. The lowest BCUT2D eigenvalue weighted by Crippen LogP contribution is -2.29. The summed E-state index contributed by atoms with van der Waals surface area (Å²) in [6.45, 7) is 0. The van der Waals surface area contributed by atoms with Crippen LogP contribution in [-0.2, 0) is 11.8 Å². The molecule has 1 atom stereocenters. The molecule has 9 nitrogen and oxygen atoms in total. The van der Waals surface area contributed by atoms with Gasteiger partial charge in [0.2, 0.25) is 5.91 Å². The molecule has 1 aliphatic heterocycles. The number of anilines is 1. The third kappa shape index (κ3) is 2.89. The smallest absolute Gasteiger partial charge is 0.329 e. The number of hydrogen-bond donors (Lipinski definition) is 2. The number of methoxy groups -OCH3 is 2. The van der Waals surface area contributed by atoms with Crippen molar-refractivity contribution >= 4 is 22.6 Å². The topological polar surface area (TPSA) is 109 Å². The number of carbonyl (C=O) groups excluding carboxylic acids is 1. The van der Waals surface area contributed by atoms with Crippen molar-refractivity contribution in [3.05, 3.63) is 74.4 Å². The number of hydrogen-bond acceptors (Lipinski definition) is 5. The lowest BCUT2D eigenvalue weighted by Gasteiger charge is -2.14. The number of H-pyrrole nitrogens is 2. The van der Waals surface area contributed by atoms with E-state index >= 15 is 0 Å². The van der Waals surface area contributed by atoms with Crippen LogP contribution in [0.3, 0.4) is 0 Å². The Kier molecular flexibility index (Phi) is 4.63. The van der Waals surface area contributed by atoms with Gasteiger partial charge in [-0.2, -0.15) is 0 Å². The molecule has 0 bridgehead atoms. The van der Waals surface area contributed by atoms with Crippen molar-refractivity contribution in [3.8, 4) is 22.8 Å². The highest BCUT2D eigenvalue weighted by Gasteiger charge is 2.40. The van der Waals surface area contributed by atoms with E-state index in [9.17, 15) is 14.4 Å². The molecule has 4 aromatic rings. The molecule has 0 aliphatic carbocycles. The maximum Gasteiger partial charge on any atom is 0.329 e. The number of carbonyl (C=O) groups is 1. The van der Waals surface area contributed by atoms with Crippen molar-refractivity contribution in [1.29, 1.82) is 0 Å². The minimum atomic E-state index is -0.721. The van der Waals surface area contributed by atoms with Crippen molar-refractivity contribution in [1.82, 2.24) is 14.5 Å². The summed E-state index contributed by atoms with van der Waals surface area (Å²) in [6, 6.07) is 12.8. The van der Waals surface area contributed by atoms with Crippen LogP contribution in [0, 0.1) is 0 Å². The zero-order chi connectivity index (χ0) is 23.4. The number of benzene rings is 2. The molecule has 2 N–H and O–H groups in total. The SMILES string of the molecule is COc1ccc(-c2[nH]c3c(c2[C@@H]2C(=O)N(C)c4ccccc42)c(=O)[nH]c(=O)n3C)cc1OC. The molecule has 2 aromatic heterocycles. The maximum atomic E-state index is 13.5. The van der Waals surface area contributed by atoms with E-state index in [0.717, 1.165) is 11.3 Å². The number of ether oxygens (including phenoxy) is 2. The summed E-state index contributed by atoms with van der Waals surface area (Å²) in [5.74, 6) is 0.164. The van der Waals surface area contributed by atoms with Crippen molar-refractivity contribution in [2.45, 2.75) is 5.92 Å². The molecule has 0 unspecified atom stereocenters. The minimum Gasteiger partial charge on any atom is -0.493 e. The van der Waals surface area contributed by atoms with E-state index < -0.39 is 17.2 Å². The molecule has 0 fully saturated rings. The molecule has 0 spiro atoms. The van der Waals surface area contributed by atoms with Gasteiger partial charge in [-0.3, -0.25) is 19.1 Å². The van der Waals surface area contributed by atoms with Crippen LogP contribution in [0.15, 0.2) is 52.1 Å². The summed E-state index contributed by atoms with van der Waals surface area (Å²) in [5, 5.41) is 0.269. The van der Waals surface area contributed by atoms with Gasteiger partial charge in [0.25, 0.3) is 5.56 Å². The molecule has 33 heavy (non-hydrogen) atoms. The van der Waals surface area contributed by atoms with Crippen LogP contribution in [0.2, 0.25) is 0 Å². The van der Waals surface area contributed by atoms with E-state index in [4.69, 9.17) is 9.47 Å². The van der Waals surface area contributed by atoms with Crippen molar-refractivity contribution in [2.24, 2.45) is 7.05 Å². The van der Waals surface area contributed by atoms with Gasteiger partial charge in [0, 0.05) is 30.9 Å². The molecule has 0 radical (unpaired) electrons. The first-order chi connectivity index (χ1) is 15.9. The Morgan fingerprint density at radius 1 is 0.909 bits per heavy atom. The fourth-order valence-electron chi connectivity index (χ4n) is 4.60. The monoisotopic (exact) mass is 446 g/mol. The highest BCUT2D eigenvalue weighted by atomic mass is 16.5. The summed E-state index contributed by atoms with van der Waals surface area (Å²) in [6.07, 6.45) is 0. The molecule has 2 aromatic carbocycles. The predicted molar refractivity (Wildman–Crippen MR) is 124 cm³/mol. The standard InChI is InChI=1S/C24H22N4O5/c1-27-14-8-6-5-7-13(14)17(23(27)30)18-19-21(28(2)24(31)26-22(19)29)25-20(18)12-9-10-15(32-3)16(11-12)33-4/h5-11,17,25H,1-4H3,(H,26,29,31)/t17-/m1/s1. The van der Waals surface area contributed by atoms with Gasteiger partial charge in [0.15, 0.2) is 11.5 Å². The second kappa shape index (κ2) is 7.40. The number of nitrogens with zero attached hydrogens (tertiary/aromatic N) is 2. The fraction of sp³-hybridized carbons (Fsp3) is 0.208. The Morgan fingerprint density at radius 2 is 1.64 bits per heavy atom. The summed E-state index contributed by atoms with van der Waals surface area (Å²) in [7, 11) is 6.36. The van der Waals surface area contributed by atoms with Crippen LogP contribution in [0.4, 0.5) is 5.69 Å². The highest BCUT2D eigenvalue weighted by molar-refractivity contribution is 6.10. The average molecular weight is 446 g/mol. The van der Waals surface area contributed by atoms with E-state index in [-0.39, 0.29) is 11.3 Å². The van der Waals surface area contributed by atoms with Crippen LogP contribution in [0.1, 0.15) is 17.0 Å². The van der Waals surface area contributed by atoms with E-state index in [1.165, 1.54) is 11.7 Å². The number of likely N-dealkylation sites (N-methyl/N-ethyl adjacent to an activating group) is 1. The largest absolute Gasteiger partial charge is 0.493 e. The molecule has 1 aliphatic rings. The number of para-hydroxylation sites is 1. The van der Waals surface area contributed by atoms with Crippen LogP contribution in [0.5, 0.6) is 11.5 Å². The molecular formula is C24H22N4O5. The molecular weight excluding hydrogens is 424 g/mol. The lowest BCUT2D eigenvalue weighted by atomic mass is 9.89. The second-order valence-electron chi connectivity index (χ2n) is 7.91. The van der Waals surface area contributed by atoms with E-state index in [1.54, 1.807) is 38.2 Å². The van der Waals surface area contributed by atoms with Crippen molar-refractivity contribution in [2.75, 3.05) is 26.2 Å². The number of nitrogens with one attached hydrogen (secondary N) is 2. The quantitative estimate of drug-likeness (QED) is 0.500. The Balaban J connectivity index is 1.89. The molecule has 0 saturated carbocycles. The van der Waals surface area contributed by atoms with Crippen molar-refractivity contribution < 1.29 is 14.3 Å². The van der Waals surface area contributed by atoms with Gasteiger partial charge in [-0.15, -0.1) is 0 Å². The lowest BCUT2D eigenvalue weighted by molar-refractivity contribution is -0.118. The van der Waals surface area contributed by atoms with Crippen LogP contribution < -0.4 is 25.6 Å². The summed E-state index contributed by atoms with van der Waals surface area (Å²) >= 11 is 0. The summed E-state index contributed by atoms with van der Waals surface area (Å²) < 4.78 is 12.1. The normalized spacial score (nSPS) is 15.2. The molecule has 0 saturated heterocycles. The van der Waals surface area contributed by atoms with Gasteiger partial charge in [-0.05, 0) is 29.8 Å².